The normalized spacial score (nSPS) is 11.3. The van der Waals surface area contributed by atoms with Gasteiger partial charge in [-0.15, -0.1) is 0 Å². The molecule has 0 saturated heterocycles. The predicted octanol–water partition coefficient (Wildman–Crippen LogP) is 2.92. The first-order valence-corrected chi connectivity index (χ1v) is 6.48. The van der Waals surface area contributed by atoms with Crippen LogP contribution >= 0.6 is 0 Å². The predicted molar refractivity (Wildman–Crippen MR) is 82.4 cm³/mol. The Morgan fingerprint density at radius 2 is 1.59 bits per heavy atom. The molecule has 0 aliphatic carbocycles. The first-order chi connectivity index (χ1) is 10.6. The number of hydrogen-bond acceptors (Lipinski definition) is 5. The van der Waals surface area contributed by atoms with Gasteiger partial charge in [-0.3, -0.25) is 10.1 Å². The van der Waals surface area contributed by atoms with Gasteiger partial charge >= 0.3 is 11.7 Å². The molecule has 2 rings (SSSR count). The van der Waals surface area contributed by atoms with Gasteiger partial charge in [-0.2, -0.15) is 0 Å². The van der Waals surface area contributed by atoms with Crippen molar-refractivity contribution in [1.29, 1.82) is 0 Å². The number of nitro groups is 1. The molecule has 6 nitrogen and oxygen atoms in total. The lowest BCUT2D eigenvalue weighted by Gasteiger charge is -2.11. The van der Waals surface area contributed by atoms with E-state index >= 15 is 0 Å². The molecule has 0 heterocycles. The molecular formula is C16H14N2O4. The lowest BCUT2D eigenvalue weighted by atomic mass is 10.1. The van der Waals surface area contributed by atoms with Crippen LogP contribution in [-0.2, 0) is 9.53 Å². The Hall–Kier alpha value is -3.15. The van der Waals surface area contributed by atoms with E-state index in [2.05, 4.69) is 10.1 Å². The number of carbonyl (C=O) groups is 1. The van der Waals surface area contributed by atoms with Crippen molar-refractivity contribution < 1.29 is 14.5 Å². The highest BCUT2D eigenvalue weighted by Crippen LogP contribution is 2.23. The summed E-state index contributed by atoms with van der Waals surface area (Å²) in [5.74, 6) is -1.01. The Morgan fingerprint density at radius 3 is 2.09 bits per heavy atom. The molecule has 6 heteroatoms. The van der Waals surface area contributed by atoms with Gasteiger partial charge in [0.1, 0.15) is 5.70 Å². The molecule has 112 valence electrons. The van der Waals surface area contributed by atoms with E-state index in [1.165, 1.54) is 0 Å². The Labute approximate surface area is 127 Å². The second-order valence-electron chi connectivity index (χ2n) is 4.33. The maximum absolute atomic E-state index is 11.8. The van der Waals surface area contributed by atoms with Gasteiger partial charge in [0, 0.05) is 11.3 Å². The molecule has 0 saturated carbocycles. The van der Waals surface area contributed by atoms with Gasteiger partial charge in [0.05, 0.1) is 12.0 Å². The molecule has 0 aromatic heterocycles. The maximum Gasteiger partial charge on any atom is 0.411 e. The number of nitrogens with zero attached hydrogens (tertiary/aromatic N) is 1. The van der Waals surface area contributed by atoms with Crippen molar-refractivity contribution in [3.8, 4) is 0 Å². The van der Waals surface area contributed by atoms with Crippen molar-refractivity contribution in [2.24, 2.45) is 0 Å². The van der Waals surface area contributed by atoms with Gasteiger partial charge < -0.3 is 10.1 Å². The van der Waals surface area contributed by atoms with E-state index in [0.29, 0.717) is 11.3 Å². The molecule has 0 atom stereocenters. The zero-order valence-corrected chi connectivity index (χ0v) is 11.9. The van der Waals surface area contributed by atoms with Crippen molar-refractivity contribution >= 4 is 17.4 Å². The summed E-state index contributed by atoms with van der Waals surface area (Å²) >= 11 is 0. The fourth-order valence-electron chi connectivity index (χ4n) is 1.90. The molecule has 0 unspecified atom stereocenters. The molecule has 2 aromatic rings. The summed E-state index contributed by atoms with van der Waals surface area (Å²) in [6, 6.07) is 17.5. The third-order valence-corrected chi connectivity index (χ3v) is 2.90. The molecule has 0 aliphatic heterocycles. The molecule has 2 aromatic carbocycles. The molecule has 0 radical (unpaired) electrons. The number of carbonyl (C=O) groups excluding carboxylic acids is 1. The minimum atomic E-state index is -1.01. The van der Waals surface area contributed by atoms with Gasteiger partial charge in [-0.1, -0.05) is 48.5 Å². The number of methoxy groups -OCH3 is 1. The summed E-state index contributed by atoms with van der Waals surface area (Å²) in [6.45, 7) is 0. The molecule has 1 N–H and O–H groups in total. The first kappa shape index (κ1) is 15.2. The highest BCUT2D eigenvalue weighted by molar-refractivity contribution is 5.97. The van der Waals surface area contributed by atoms with E-state index in [1.807, 2.05) is 6.07 Å². The zero-order chi connectivity index (χ0) is 15.9. The van der Waals surface area contributed by atoms with E-state index in [0.717, 1.165) is 7.11 Å². The van der Waals surface area contributed by atoms with Crippen LogP contribution in [0, 0.1) is 10.1 Å². The second-order valence-corrected chi connectivity index (χ2v) is 4.33. The molecule has 0 aliphatic rings. The van der Waals surface area contributed by atoms with Gasteiger partial charge in [0.2, 0.25) is 0 Å². The number of anilines is 1. The minimum absolute atomic E-state index is 0.0867. The Balaban J connectivity index is 2.58. The lowest BCUT2D eigenvalue weighted by Crippen LogP contribution is -2.18. The summed E-state index contributed by atoms with van der Waals surface area (Å²) in [6.07, 6.45) is 0. The Bertz CT molecular complexity index is 697. The third kappa shape index (κ3) is 3.49. The van der Waals surface area contributed by atoms with Crippen LogP contribution in [0.3, 0.4) is 0 Å². The quantitative estimate of drug-likeness (QED) is 0.397. The third-order valence-electron chi connectivity index (χ3n) is 2.90. The van der Waals surface area contributed by atoms with Crippen LogP contribution in [0.1, 0.15) is 5.56 Å². The summed E-state index contributed by atoms with van der Waals surface area (Å²) in [5.41, 5.74) is 0.592. The van der Waals surface area contributed by atoms with E-state index < -0.39 is 16.6 Å². The topological polar surface area (TPSA) is 81.5 Å². The molecule has 0 bridgehead atoms. The van der Waals surface area contributed by atoms with E-state index in [1.54, 1.807) is 54.6 Å². The number of ether oxygens (including phenoxy) is 1. The molecule has 0 fully saturated rings. The Morgan fingerprint density at radius 1 is 1.05 bits per heavy atom. The van der Waals surface area contributed by atoms with Crippen LogP contribution in [0.4, 0.5) is 5.69 Å². The zero-order valence-electron chi connectivity index (χ0n) is 11.9. The largest absolute Gasteiger partial charge is 0.461 e. The maximum atomic E-state index is 11.8. The lowest BCUT2D eigenvalue weighted by molar-refractivity contribution is -0.420. The van der Waals surface area contributed by atoms with E-state index in [9.17, 15) is 14.9 Å². The van der Waals surface area contributed by atoms with Crippen molar-refractivity contribution in [1.82, 2.24) is 0 Å². The SMILES string of the molecule is COC(=O)/C(=C(/Nc1ccccc1)c1ccccc1)[N+](=O)[O-]. The monoisotopic (exact) mass is 298 g/mol. The van der Waals surface area contributed by atoms with Gasteiger partial charge in [-0.05, 0) is 12.1 Å². The van der Waals surface area contributed by atoms with Crippen molar-refractivity contribution in [3.63, 3.8) is 0 Å². The molecule has 0 spiro atoms. The van der Waals surface area contributed by atoms with Crippen molar-refractivity contribution in [3.05, 3.63) is 82.0 Å². The fraction of sp³-hybridized carbons (Fsp3) is 0.0625. The summed E-state index contributed by atoms with van der Waals surface area (Å²) < 4.78 is 4.54. The van der Waals surface area contributed by atoms with Crippen LogP contribution in [0.25, 0.3) is 5.70 Å². The average molecular weight is 298 g/mol. The van der Waals surface area contributed by atoms with Crippen LogP contribution in [-0.4, -0.2) is 18.0 Å². The number of benzene rings is 2. The average Bonchev–Trinajstić information content (AvgIpc) is 2.55. The fourth-order valence-corrected chi connectivity index (χ4v) is 1.90. The Kier molecular flexibility index (Phi) is 4.87. The number of rotatable bonds is 5. The molecular weight excluding hydrogens is 284 g/mol. The number of esters is 1. The van der Waals surface area contributed by atoms with E-state index in [4.69, 9.17) is 0 Å². The van der Waals surface area contributed by atoms with Crippen LogP contribution in [0.15, 0.2) is 66.4 Å². The van der Waals surface area contributed by atoms with Crippen LogP contribution in [0.2, 0.25) is 0 Å². The number of para-hydroxylation sites is 1. The van der Waals surface area contributed by atoms with Crippen molar-refractivity contribution in [2.75, 3.05) is 12.4 Å². The molecule has 0 amide bonds. The summed E-state index contributed by atoms with van der Waals surface area (Å²) in [4.78, 5) is 22.4. The van der Waals surface area contributed by atoms with Crippen LogP contribution < -0.4 is 5.32 Å². The standard InChI is InChI=1S/C16H14N2O4/c1-22-16(19)15(18(20)21)14(12-8-4-2-5-9-12)17-13-10-6-3-7-11-13/h2-11,17H,1H3/b15-14-. The molecule has 22 heavy (non-hydrogen) atoms. The summed E-state index contributed by atoms with van der Waals surface area (Å²) in [5, 5.41) is 14.2. The van der Waals surface area contributed by atoms with Gasteiger partial charge in [0.25, 0.3) is 0 Å². The van der Waals surface area contributed by atoms with Crippen LogP contribution in [0.5, 0.6) is 0 Å². The van der Waals surface area contributed by atoms with Gasteiger partial charge in [0.15, 0.2) is 0 Å². The van der Waals surface area contributed by atoms with Crippen molar-refractivity contribution in [2.45, 2.75) is 0 Å². The van der Waals surface area contributed by atoms with E-state index in [-0.39, 0.29) is 5.70 Å². The first-order valence-electron chi connectivity index (χ1n) is 6.48. The van der Waals surface area contributed by atoms with Gasteiger partial charge in [-0.25, -0.2) is 4.79 Å². The number of hydrogen-bond donors (Lipinski definition) is 1. The minimum Gasteiger partial charge on any atom is -0.461 e. The second kappa shape index (κ2) is 7.03. The summed E-state index contributed by atoms with van der Waals surface area (Å²) in [7, 11) is 1.11. The highest BCUT2D eigenvalue weighted by atomic mass is 16.6. The number of nitrogens with one attached hydrogen (secondary N) is 1. The smallest absolute Gasteiger partial charge is 0.411 e. The highest BCUT2D eigenvalue weighted by Gasteiger charge is 2.29.